The first-order valence-electron chi connectivity index (χ1n) is 11.1. The first-order chi connectivity index (χ1) is 16.9. The Labute approximate surface area is 206 Å². The molecule has 0 radical (unpaired) electrons. The lowest BCUT2D eigenvalue weighted by atomic mass is 10.0. The summed E-state index contributed by atoms with van der Waals surface area (Å²) in [6.07, 6.45) is 2.38. The van der Waals surface area contributed by atoms with E-state index in [4.69, 9.17) is 23.3 Å². The molecule has 1 aromatic heterocycles. The van der Waals surface area contributed by atoms with Crippen molar-refractivity contribution in [3.63, 3.8) is 0 Å². The number of carbonyl (C=O) groups excluding carboxylic acids is 1. The smallest absolute Gasteiger partial charge is 0.252 e. The van der Waals surface area contributed by atoms with Gasteiger partial charge in [-0.1, -0.05) is 41.9 Å². The minimum Gasteiger partial charge on any atom is -0.324 e. The van der Waals surface area contributed by atoms with Crippen molar-refractivity contribution in [1.29, 1.82) is 0 Å². The number of aryl methyl sites for hydroxylation is 1. The molecule has 0 fully saturated rings. The van der Waals surface area contributed by atoms with Crippen molar-refractivity contribution in [2.75, 3.05) is 10.3 Å². The van der Waals surface area contributed by atoms with Gasteiger partial charge in [-0.2, -0.15) is 5.10 Å². The van der Waals surface area contributed by atoms with Gasteiger partial charge in [-0.05, 0) is 65.6 Å². The highest BCUT2D eigenvalue weighted by molar-refractivity contribution is 6.31. The molecule has 0 aliphatic carbocycles. The van der Waals surface area contributed by atoms with Crippen LogP contribution < -0.4 is 27.6 Å². The van der Waals surface area contributed by atoms with Crippen LogP contribution in [0.2, 0.25) is 5.02 Å². The monoisotopic (exact) mass is 486 g/mol. The van der Waals surface area contributed by atoms with Crippen LogP contribution in [0.15, 0.2) is 82.7 Å². The molecule has 176 valence electrons. The highest BCUT2D eigenvalue weighted by Crippen LogP contribution is 2.34. The quantitative estimate of drug-likeness (QED) is 0.170. The fraction of sp³-hybridized carbons (Fsp3) is 0.115. The van der Waals surface area contributed by atoms with E-state index in [1.54, 1.807) is 22.8 Å². The molecular weight excluding hydrogens is 464 g/mol. The molecular formula is C26H23ClN6O2. The minimum absolute atomic E-state index is 0.218. The number of hydrazine groups is 1. The number of anilines is 2. The third-order valence-corrected chi connectivity index (χ3v) is 6.43. The van der Waals surface area contributed by atoms with Crippen molar-refractivity contribution < 1.29 is 4.79 Å². The Kier molecular flexibility index (Phi) is 5.98. The van der Waals surface area contributed by atoms with Crippen LogP contribution >= 0.6 is 11.6 Å². The summed E-state index contributed by atoms with van der Waals surface area (Å²) in [5.41, 5.74) is 3.08. The molecule has 0 bridgehead atoms. The maximum atomic E-state index is 13.2. The van der Waals surface area contributed by atoms with Crippen LogP contribution in [0, 0.1) is 0 Å². The van der Waals surface area contributed by atoms with Gasteiger partial charge in [-0.15, -0.1) is 0 Å². The minimum atomic E-state index is -0.591. The normalized spacial score (nSPS) is 14.9. The van der Waals surface area contributed by atoms with Gasteiger partial charge in [0.05, 0.1) is 5.69 Å². The van der Waals surface area contributed by atoms with Crippen LogP contribution in [0.4, 0.5) is 11.4 Å². The lowest BCUT2D eigenvalue weighted by Gasteiger charge is -2.19. The predicted octanol–water partition coefficient (Wildman–Crippen LogP) is 4.03. The van der Waals surface area contributed by atoms with E-state index in [9.17, 15) is 9.59 Å². The Balaban J connectivity index is 1.46. The summed E-state index contributed by atoms with van der Waals surface area (Å²) in [5, 5.41) is 10.3. The van der Waals surface area contributed by atoms with E-state index in [0.29, 0.717) is 40.4 Å². The average Bonchev–Trinajstić information content (AvgIpc) is 3.29. The highest BCUT2D eigenvalue weighted by atomic mass is 35.5. The average molecular weight is 487 g/mol. The zero-order chi connectivity index (χ0) is 24.5. The lowest BCUT2D eigenvalue weighted by molar-refractivity contribution is -0.119. The Bertz CT molecular complexity index is 1530. The van der Waals surface area contributed by atoms with Crippen LogP contribution in [0.3, 0.4) is 0 Å². The molecule has 0 spiro atoms. The van der Waals surface area contributed by atoms with Gasteiger partial charge in [0.2, 0.25) is 5.91 Å². The number of benzene rings is 3. The molecule has 1 unspecified atom stereocenters. The van der Waals surface area contributed by atoms with Crippen molar-refractivity contribution in [3.8, 4) is 11.1 Å². The Hall–Kier alpha value is -4.14. The number of fused-ring (bicyclic) bond motifs is 2. The molecule has 1 atom stereocenters. The summed E-state index contributed by atoms with van der Waals surface area (Å²) >= 11 is 6.23. The van der Waals surface area contributed by atoms with Gasteiger partial charge in [0.1, 0.15) is 12.4 Å². The van der Waals surface area contributed by atoms with Gasteiger partial charge < -0.3 is 15.7 Å². The third-order valence-electron chi connectivity index (χ3n) is 6.19. The molecule has 5 N–H and O–H groups in total. The lowest BCUT2D eigenvalue weighted by Crippen LogP contribution is -2.31. The number of aromatic nitrogens is 1. The predicted molar refractivity (Wildman–Crippen MR) is 140 cm³/mol. The number of pyridine rings is 1. The molecule has 0 saturated carbocycles. The summed E-state index contributed by atoms with van der Waals surface area (Å²) in [7, 11) is 0. The maximum Gasteiger partial charge on any atom is 0.252 e. The van der Waals surface area contributed by atoms with E-state index >= 15 is 0 Å². The molecule has 8 nitrogen and oxygen atoms in total. The standard InChI is InChI=1S/C26H23ClN6O2/c27-19-6-9-23(32(29)15-30-28)22(14-19)18-12-21-8-10-24(33(21)25(34)13-18)26(35)31-20-7-5-16-3-1-2-4-17(16)11-20/h1-7,9,11-15,24H,8,10,28-29H2,(H,31,35)/b30-15-. The highest BCUT2D eigenvalue weighted by Gasteiger charge is 2.30. The van der Waals surface area contributed by atoms with Crippen molar-refractivity contribution >= 4 is 46.0 Å². The van der Waals surface area contributed by atoms with Gasteiger partial charge in [0.15, 0.2) is 0 Å². The summed E-state index contributed by atoms with van der Waals surface area (Å²) in [6, 6.07) is 21.6. The number of amides is 1. The van der Waals surface area contributed by atoms with Crippen LogP contribution in [-0.2, 0) is 11.2 Å². The van der Waals surface area contributed by atoms with Gasteiger partial charge >= 0.3 is 0 Å². The summed E-state index contributed by atoms with van der Waals surface area (Å²) in [5.74, 6) is 11.1. The SMILES string of the molecule is N/N=C\N(N)c1ccc(Cl)cc1-c1cc2n(c(=O)c1)C(C(=O)Nc1ccc3ccccc3c1)CC2. The van der Waals surface area contributed by atoms with Crippen molar-refractivity contribution in [1.82, 2.24) is 4.57 Å². The molecule has 0 saturated heterocycles. The molecule has 5 rings (SSSR count). The van der Waals surface area contributed by atoms with E-state index in [1.165, 1.54) is 17.4 Å². The van der Waals surface area contributed by atoms with Crippen LogP contribution in [-0.4, -0.2) is 16.8 Å². The Morgan fingerprint density at radius 2 is 1.89 bits per heavy atom. The third kappa shape index (κ3) is 4.37. The van der Waals surface area contributed by atoms with Crippen molar-refractivity contribution in [3.05, 3.63) is 93.9 Å². The number of nitrogens with one attached hydrogen (secondary N) is 1. The van der Waals surface area contributed by atoms with Crippen LogP contribution in [0.1, 0.15) is 18.2 Å². The first-order valence-corrected chi connectivity index (χ1v) is 11.4. The Morgan fingerprint density at radius 1 is 1.09 bits per heavy atom. The van der Waals surface area contributed by atoms with Crippen LogP contribution in [0.5, 0.6) is 0 Å². The van der Waals surface area contributed by atoms with Gasteiger partial charge in [-0.25, -0.2) is 5.84 Å². The second kappa shape index (κ2) is 9.25. The summed E-state index contributed by atoms with van der Waals surface area (Å²) in [4.78, 5) is 26.3. The number of carbonyl (C=O) groups is 1. The molecule has 35 heavy (non-hydrogen) atoms. The molecule has 4 aromatic rings. The fourth-order valence-electron chi connectivity index (χ4n) is 4.59. The second-order valence-corrected chi connectivity index (χ2v) is 8.82. The number of rotatable bonds is 5. The van der Waals surface area contributed by atoms with E-state index in [1.807, 2.05) is 48.5 Å². The molecule has 9 heteroatoms. The number of nitrogens with zero attached hydrogens (tertiary/aromatic N) is 3. The van der Waals surface area contributed by atoms with Gasteiger partial charge in [-0.3, -0.25) is 14.6 Å². The number of nitrogens with two attached hydrogens (primary N) is 2. The molecule has 3 aromatic carbocycles. The van der Waals surface area contributed by atoms with Gasteiger partial charge in [0.25, 0.3) is 5.56 Å². The fourth-order valence-corrected chi connectivity index (χ4v) is 4.76. The van der Waals surface area contributed by atoms with Crippen molar-refractivity contribution in [2.24, 2.45) is 16.8 Å². The molecule has 1 amide bonds. The number of hydrazone groups is 1. The van der Waals surface area contributed by atoms with E-state index < -0.39 is 6.04 Å². The van der Waals surface area contributed by atoms with E-state index in [0.717, 1.165) is 16.5 Å². The number of halogens is 1. The number of hydrogen-bond acceptors (Lipinski definition) is 5. The van der Waals surface area contributed by atoms with E-state index in [2.05, 4.69) is 10.4 Å². The topological polar surface area (TPSA) is 119 Å². The zero-order valence-corrected chi connectivity index (χ0v) is 19.4. The summed E-state index contributed by atoms with van der Waals surface area (Å²) < 4.78 is 1.56. The second-order valence-electron chi connectivity index (χ2n) is 8.38. The first kappa shape index (κ1) is 22.6. The molecule has 1 aliphatic heterocycles. The maximum absolute atomic E-state index is 13.2. The summed E-state index contributed by atoms with van der Waals surface area (Å²) in [6.45, 7) is 0. The van der Waals surface area contributed by atoms with E-state index in [-0.39, 0.29) is 11.5 Å². The number of hydrogen-bond donors (Lipinski definition) is 3. The largest absolute Gasteiger partial charge is 0.324 e. The van der Waals surface area contributed by atoms with Crippen molar-refractivity contribution in [2.45, 2.75) is 18.9 Å². The molecule has 2 heterocycles. The van der Waals surface area contributed by atoms with Gasteiger partial charge in [0, 0.05) is 28.0 Å². The van der Waals surface area contributed by atoms with Crippen LogP contribution in [0.25, 0.3) is 21.9 Å². The Morgan fingerprint density at radius 3 is 2.69 bits per heavy atom. The zero-order valence-electron chi connectivity index (χ0n) is 18.7. The molecule has 1 aliphatic rings.